The number of carbonyl (C=O) groups is 2. The van der Waals surface area contributed by atoms with Gasteiger partial charge in [0.2, 0.25) is 11.8 Å². The van der Waals surface area contributed by atoms with Crippen LogP contribution >= 0.6 is 0 Å². The van der Waals surface area contributed by atoms with Crippen LogP contribution in [0.1, 0.15) is 72.6 Å². The normalized spacial score (nSPS) is 38.7. The molecule has 166 valence electrons. The Morgan fingerprint density at radius 2 is 1.97 bits per heavy atom. The van der Waals surface area contributed by atoms with E-state index < -0.39 is 0 Å². The molecule has 2 fully saturated rings. The van der Waals surface area contributed by atoms with Gasteiger partial charge in [-0.05, 0) is 67.3 Å². The smallest absolute Gasteiger partial charge is 0.245 e. The first kappa shape index (κ1) is 21.6. The lowest BCUT2D eigenvalue weighted by molar-refractivity contribution is -0.158. The molecular formula is C26H40N2O2. The molecule has 1 saturated heterocycles. The molecule has 2 amide bonds. The zero-order valence-electron chi connectivity index (χ0n) is 19.8. The van der Waals surface area contributed by atoms with Crippen LogP contribution < -0.4 is 0 Å². The molecule has 30 heavy (non-hydrogen) atoms. The van der Waals surface area contributed by atoms with Crippen LogP contribution in [-0.4, -0.2) is 48.3 Å². The molecule has 0 spiro atoms. The van der Waals surface area contributed by atoms with Gasteiger partial charge in [0.15, 0.2) is 0 Å². The molecule has 4 aliphatic rings. The summed E-state index contributed by atoms with van der Waals surface area (Å²) in [6.45, 7) is 10.0. The van der Waals surface area contributed by atoms with Crippen molar-refractivity contribution in [1.29, 1.82) is 0 Å². The summed E-state index contributed by atoms with van der Waals surface area (Å²) in [7, 11) is 3.71. The Bertz CT molecular complexity index is 797. The van der Waals surface area contributed by atoms with E-state index in [0.717, 1.165) is 32.2 Å². The maximum absolute atomic E-state index is 13.9. The fourth-order valence-electron chi connectivity index (χ4n) is 7.31. The summed E-state index contributed by atoms with van der Waals surface area (Å²) >= 11 is 0. The number of amides is 2. The quantitative estimate of drug-likeness (QED) is 0.667. The molecule has 0 aromatic heterocycles. The number of fused-ring (bicyclic) bond motifs is 3. The summed E-state index contributed by atoms with van der Waals surface area (Å²) in [5, 5.41) is 0. The van der Waals surface area contributed by atoms with Crippen LogP contribution in [0.4, 0.5) is 0 Å². The van der Waals surface area contributed by atoms with Crippen molar-refractivity contribution in [3.05, 3.63) is 23.3 Å². The second kappa shape index (κ2) is 7.53. The van der Waals surface area contributed by atoms with Gasteiger partial charge in [-0.15, -0.1) is 0 Å². The molecule has 3 aliphatic carbocycles. The van der Waals surface area contributed by atoms with Crippen molar-refractivity contribution in [3.8, 4) is 0 Å². The van der Waals surface area contributed by atoms with Crippen molar-refractivity contribution in [3.63, 3.8) is 0 Å². The third-order valence-electron chi connectivity index (χ3n) is 9.26. The molecule has 0 bridgehead atoms. The van der Waals surface area contributed by atoms with Gasteiger partial charge in [-0.25, -0.2) is 0 Å². The molecule has 4 rings (SSSR count). The van der Waals surface area contributed by atoms with Crippen LogP contribution in [-0.2, 0) is 9.59 Å². The number of likely N-dealkylation sites (N-methyl/N-ethyl adjacent to an activating group) is 2. The van der Waals surface area contributed by atoms with E-state index in [1.807, 2.05) is 14.1 Å². The number of rotatable bonds is 3. The van der Waals surface area contributed by atoms with Gasteiger partial charge in [-0.3, -0.25) is 9.59 Å². The largest absolute Gasteiger partial charge is 0.344 e. The Balaban J connectivity index is 1.63. The Hall–Kier alpha value is -1.58. The summed E-state index contributed by atoms with van der Waals surface area (Å²) in [6, 6.07) is -0.284. The van der Waals surface area contributed by atoms with Crippen LogP contribution in [0.3, 0.4) is 0 Å². The van der Waals surface area contributed by atoms with Crippen molar-refractivity contribution in [1.82, 2.24) is 9.80 Å². The molecule has 1 unspecified atom stereocenters. The van der Waals surface area contributed by atoms with Crippen LogP contribution in [0.25, 0.3) is 0 Å². The van der Waals surface area contributed by atoms with Crippen molar-refractivity contribution < 1.29 is 9.59 Å². The van der Waals surface area contributed by atoms with Gasteiger partial charge >= 0.3 is 0 Å². The van der Waals surface area contributed by atoms with E-state index in [0.29, 0.717) is 17.8 Å². The van der Waals surface area contributed by atoms with Gasteiger partial charge in [-0.2, -0.15) is 0 Å². The standard InChI is InChI=1S/C26H40N2O2/c1-17(2)18-8-10-20-19(16-18)9-11-22-25(20,3)13-7-14-26(22,4)24(30)28(6)21-12-15-27(5)23(21)29/h9,16-17,20-22H,7-8,10-15H2,1-6H3/t20-,21?,22+,25+,26+/m0/s1. The average molecular weight is 413 g/mol. The highest BCUT2D eigenvalue weighted by Gasteiger charge is 2.58. The van der Waals surface area contributed by atoms with E-state index in [-0.39, 0.29) is 28.7 Å². The number of nitrogens with zero attached hydrogens (tertiary/aromatic N) is 2. The van der Waals surface area contributed by atoms with E-state index in [1.165, 1.54) is 24.8 Å². The summed E-state index contributed by atoms with van der Waals surface area (Å²) in [6.07, 6.45) is 12.3. The first-order valence-electron chi connectivity index (χ1n) is 12.0. The van der Waals surface area contributed by atoms with Crippen molar-refractivity contribution in [2.75, 3.05) is 20.6 Å². The predicted octanol–water partition coefficient (Wildman–Crippen LogP) is 4.81. The second-order valence-electron chi connectivity index (χ2n) is 11.2. The van der Waals surface area contributed by atoms with Gasteiger partial charge in [0.25, 0.3) is 0 Å². The molecule has 0 aromatic carbocycles. The Morgan fingerprint density at radius 3 is 2.60 bits per heavy atom. The van der Waals surface area contributed by atoms with Gasteiger partial charge in [0.1, 0.15) is 6.04 Å². The maximum Gasteiger partial charge on any atom is 0.245 e. The van der Waals surface area contributed by atoms with Gasteiger partial charge in [-0.1, -0.05) is 51.8 Å². The van der Waals surface area contributed by atoms with Crippen molar-refractivity contribution >= 4 is 11.8 Å². The van der Waals surface area contributed by atoms with E-state index in [9.17, 15) is 9.59 Å². The lowest BCUT2D eigenvalue weighted by Crippen LogP contribution is -2.57. The van der Waals surface area contributed by atoms with Crippen LogP contribution in [0.15, 0.2) is 23.3 Å². The molecule has 1 heterocycles. The predicted molar refractivity (Wildman–Crippen MR) is 121 cm³/mol. The van der Waals surface area contributed by atoms with Crippen LogP contribution in [0.5, 0.6) is 0 Å². The minimum absolute atomic E-state index is 0.0949. The summed E-state index contributed by atoms with van der Waals surface area (Å²) in [5.41, 5.74) is 2.90. The maximum atomic E-state index is 13.9. The third kappa shape index (κ3) is 3.17. The third-order valence-corrected chi connectivity index (χ3v) is 9.26. The summed E-state index contributed by atoms with van der Waals surface area (Å²) in [4.78, 5) is 30.0. The first-order chi connectivity index (χ1) is 14.1. The topological polar surface area (TPSA) is 40.6 Å². The highest BCUT2D eigenvalue weighted by molar-refractivity contribution is 5.91. The SMILES string of the molecule is CC(C)C1=CC2=CC[C@@H]3[C@](C)(CCC[C@@]3(C)C(=O)N(C)C3CCN(C)C3=O)[C@H]2CC1. The fourth-order valence-corrected chi connectivity index (χ4v) is 7.31. The zero-order chi connectivity index (χ0) is 21.8. The number of likely N-dealkylation sites (tertiary alicyclic amines) is 1. The Morgan fingerprint density at radius 1 is 1.23 bits per heavy atom. The van der Waals surface area contributed by atoms with E-state index in [1.54, 1.807) is 15.4 Å². The average Bonchev–Trinajstić information content (AvgIpc) is 3.04. The van der Waals surface area contributed by atoms with Crippen molar-refractivity contribution in [2.24, 2.45) is 28.6 Å². The second-order valence-corrected chi connectivity index (χ2v) is 11.2. The number of carbonyl (C=O) groups excluding carboxylic acids is 2. The molecule has 0 N–H and O–H groups in total. The van der Waals surface area contributed by atoms with Gasteiger partial charge in [0.05, 0.1) is 5.41 Å². The van der Waals surface area contributed by atoms with E-state index >= 15 is 0 Å². The van der Waals surface area contributed by atoms with Crippen LogP contribution in [0.2, 0.25) is 0 Å². The number of allylic oxidation sites excluding steroid dienone is 4. The summed E-state index contributed by atoms with van der Waals surface area (Å²) < 4.78 is 0. The molecule has 1 aliphatic heterocycles. The van der Waals surface area contributed by atoms with Crippen molar-refractivity contribution in [2.45, 2.75) is 78.7 Å². The van der Waals surface area contributed by atoms with E-state index in [4.69, 9.17) is 0 Å². The highest BCUT2D eigenvalue weighted by atomic mass is 16.2. The lowest BCUT2D eigenvalue weighted by Gasteiger charge is -2.58. The molecular weight excluding hydrogens is 372 g/mol. The molecule has 4 nitrogen and oxygen atoms in total. The monoisotopic (exact) mass is 412 g/mol. The molecule has 0 radical (unpaired) electrons. The van der Waals surface area contributed by atoms with Crippen LogP contribution in [0, 0.1) is 28.6 Å². The Kier molecular flexibility index (Phi) is 5.43. The van der Waals surface area contributed by atoms with E-state index in [2.05, 4.69) is 39.8 Å². The molecule has 4 heteroatoms. The molecule has 1 saturated carbocycles. The highest BCUT2D eigenvalue weighted by Crippen LogP contribution is 2.62. The minimum Gasteiger partial charge on any atom is -0.344 e. The van der Waals surface area contributed by atoms with Gasteiger partial charge in [0, 0.05) is 20.6 Å². The first-order valence-corrected chi connectivity index (χ1v) is 12.0. The lowest BCUT2D eigenvalue weighted by atomic mass is 9.46. The summed E-state index contributed by atoms with van der Waals surface area (Å²) in [5.74, 6) is 1.82. The zero-order valence-corrected chi connectivity index (χ0v) is 19.8. The Labute approximate surface area is 182 Å². The molecule has 0 aromatic rings. The molecule has 5 atom stereocenters. The number of hydrogen-bond donors (Lipinski definition) is 0. The van der Waals surface area contributed by atoms with Gasteiger partial charge < -0.3 is 9.80 Å². The fraction of sp³-hybridized carbons (Fsp3) is 0.769. The minimum atomic E-state index is -0.382. The number of hydrogen-bond acceptors (Lipinski definition) is 2.